The lowest BCUT2D eigenvalue weighted by Gasteiger charge is -2.18. The number of nitrogens with zero attached hydrogens (tertiary/aromatic N) is 2. The van der Waals surface area contributed by atoms with Gasteiger partial charge in [-0.3, -0.25) is 0 Å². The van der Waals surface area contributed by atoms with Gasteiger partial charge >= 0.3 is 0 Å². The highest BCUT2D eigenvalue weighted by atomic mass is 32.2. The largest absolute Gasteiger partial charge is 0.492 e. The van der Waals surface area contributed by atoms with E-state index >= 15 is 0 Å². The van der Waals surface area contributed by atoms with Crippen molar-refractivity contribution in [2.75, 3.05) is 26.2 Å². The van der Waals surface area contributed by atoms with Gasteiger partial charge in [-0.2, -0.15) is 5.26 Å². The molecule has 0 radical (unpaired) electrons. The number of benzene rings is 2. The van der Waals surface area contributed by atoms with Crippen LogP contribution in [0.15, 0.2) is 53.4 Å². The highest BCUT2D eigenvalue weighted by Gasteiger charge is 2.04. The number of ether oxygens (including phenoxy) is 1. The lowest BCUT2D eigenvalue weighted by atomic mass is 10.0. The highest BCUT2D eigenvalue weighted by Crippen LogP contribution is 2.25. The van der Waals surface area contributed by atoms with Crippen molar-refractivity contribution in [3.8, 4) is 11.8 Å². The van der Waals surface area contributed by atoms with Gasteiger partial charge in [0.05, 0.1) is 11.6 Å². The van der Waals surface area contributed by atoms with Crippen LogP contribution in [0.4, 0.5) is 0 Å². The summed E-state index contributed by atoms with van der Waals surface area (Å²) in [6, 6.07) is 18.4. The molecule has 0 saturated heterocycles. The van der Waals surface area contributed by atoms with Crippen LogP contribution in [0, 0.1) is 11.3 Å². The van der Waals surface area contributed by atoms with Gasteiger partial charge in [-0.15, -0.1) is 11.8 Å². The number of likely N-dealkylation sites (N-methyl/N-ethyl adjacent to an activating group) is 1. The first kappa shape index (κ1) is 22.1. The molecule has 0 N–H and O–H groups in total. The molecule has 0 aliphatic heterocycles. The molecule has 0 fully saturated rings. The molecule has 0 aliphatic carbocycles. The molecule has 2 rings (SSSR count). The molecule has 0 amide bonds. The van der Waals surface area contributed by atoms with Gasteiger partial charge in [-0.05, 0) is 66.7 Å². The third-order valence-corrected chi connectivity index (χ3v) is 5.44. The van der Waals surface area contributed by atoms with Gasteiger partial charge in [-0.25, -0.2) is 0 Å². The van der Waals surface area contributed by atoms with Gasteiger partial charge in [-0.1, -0.05) is 39.8 Å². The third kappa shape index (κ3) is 7.07. The predicted octanol–water partition coefficient (Wildman–Crippen LogP) is 5.97. The Morgan fingerprint density at radius 2 is 1.71 bits per heavy atom. The van der Waals surface area contributed by atoms with Gasteiger partial charge in [0.2, 0.25) is 0 Å². The average molecular weight is 395 g/mol. The van der Waals surface area contributed by atoms with Crippen LogP contribution in [-0.4, -0.2) is 36.4 Å². The first-order valence-corrected chi connectivity index (χ1v) is 10.8. The molecule has 3 nitrogen and oxygen atoms in total. The van der Waals surface area contributed by atoms with E-state index in [2.05, 4.69) is 62.9 Å². The van der Waals surface area contributed by atoms with E-state index in [1.54, 1.807) is 0 Å². The summed E-state index contributed by atoms with van der Waals surface area (Å²) in [4.78, 5) is 3.58. The van der Waals surface area contributed by atoms with Crippen LogP contribution in [-0.2, 0) is 0 Å². The minimum atomic E-state index is 0.559. The molecule has 0 bridgehead atoms. The third-order valence-electron chi connectivity index (χ3n) is 4.42. The fraction of sp³-hybridized carbons (Fsp3) is 0.375. The Morgan fingerprint density at radius 3 is 2.25 bits per heavy atom. The predicted molar refractivity (Wildman–Crippen MR) is 121 cm³/mol. The maximum Gasteiger partial charge on any atom is 0.119 e. The normalized spacial score (nSPS) is 11.7. The number of allylic oxidation sites excluding steroid dienone is 1. The summed E-state index contributed by atoms with van der Waals surface area (Å²) in [6.07, 6.45) is 1.93. The molecule has 0 heterocycles. The van der Waals surface area contributed by atoms with Crippen LogP contribution in [0.5, 0.6) is 5.75 Å². The van der Waals surface area contributed by atoms with Crippen molar-refractivity contribution >= 4 is 23.4 Å². The van der Waals surface area contributed by atoms with E-state index in [4.69, 9.17) is 4.74 Å². The summed E-state index contributed by atoms with van der Waals surface area (Å²) in [6.45, 7) is 12.3. The monoisotopic (exact) mass is 394 g/mol. The zero-order valence-electron chi connectivity index (χ0n) is 17.3. The molecule has 0 atom stereocenters. The van der Waals surface area contributed by atoms with E-state index in [9.17, 15) is 5.26 Å². The van der Waals surface area contributed by atoms with E-state index in [1.165, 1.54) is 4.90 Å². The molecule has 0 aromatic heterocycles. The van der Waals surface area contributed by atoms with Crippen LogP contribution in [0.25, 0.3) is 11.6 Å². The summed E-state index contributed by atoms with van der Waals surface area (Å²) in [5, 5.41) is 10.1. The van der Waals surface area contributed by atoms with E-state index < -0.39 is 0 Å². The van der Waals surface area contributed by atoms with Gasteiger partial charge in [0, 0.05) is 16.7 Å². The number of hydrogen-bond acceptors (Lipinski definition) is 4. The molecule has 0 unspecified atom stereocenters. The van der Waals surface area contributed by atoms with Gasteiger partial charge < -0.3 is 9.64 Å². The summed E-state index contributed by atoms with van der Waals surface area (Å²) in [7, 11) is 0. The fourth-order valence-corrected chi connectivity index (χ4v) is 3.66. The molecule has 0 saturated carbocycles. The Bertz CT molecular complexity index is 785. The van der Waals surface area contributed by atoms with Crippen LogP contribution in [0.3, 0.4) is 0 Å². The summed E-state index contributed by atoms with van der Waals surface area (Å²) in [5.74, 6) is 0.836. The molecule has 0 spiro atoms. The van der Waals surface area contributed by atoms with E-state index in [0.29, 0.717) is 17.4 Å². The molecule has 0 aliphatic rings. The minimum absolute atomic E-state index is 0.559. The average Bonchev–Trinajstić information content (AvgIpc) is 2.71. The van der Waals surface area contributed by atoms with Crippen LogP contribution < -0.4 is 4.74 Å². The maximum absolute atomic E-state index is 9.58. The number of nitriles is 1. The molecule has 28 heavy (non-hydrogen) atoms. The lowest BCUT2D eigenvalue weighted by molar-refractivity contribution is 0.223. The molecular weight excluding hydrogens is 364 g/mol. The second-order valence-corrected chi connectivity index (χ2v) is 8.46. The molecular formula is C24H30N2OS. The second kappa shape index (κ2) is 11.6. The summed E-state index contributed by atoms with van der Waals surface area (Å²) < 4.78 is 5.83. The zero-order valence-corrected chi connectivity index (χ0v) is 18.1. The van der Waals surface area contributed by atoms with Gasteiger partial charge in [0.25, 0.3) is 0 Å². The number of hydrogen-bond donors (Lipinski definition) is 0. The summed E-state index contributed by atoms with van der Waals surface area (Å²) in [5.41, 5.74) is 2.59. The van der Waals surface area contributed by atoms with Gasteiger partial charge in [0.1, 0.15) is 12.4 Å². The molecule has 2 aromatic rings. The Hall–Kier alpha value is -2.22. The maximum atomic E-state index is 9.58. The second-order valence-electron chi connectivity index (χ2n) is 6.81. The SMILES string of the molecule is CCN(CC)CCOc1ccc(C(C#N)=Cc2ccc(SC(C)C)cc2)cc1. The first-order chi connectivity index (χ1) is 13.5. The van der Waals surface area contributed by atoms with Crippen molar-refractivity contribution in [2.45, 2.75) is 37.8 Å². The Balaban J connectivity index is 2.02. The van der Waals surface area contributed by atoms with Crippen molar-refractivity contribution in [1.82, 2.24) is 4.90 Å². The Labute approximate surface area is 174 Å². The van der Waals surface area contributed by atoms with Crippen LogP contribution in [0.1, 0.15) is 38.8 Å². The van der Waals surface area contributed by atoms with Crippen molar-refractivity contribution in [2.24, 2.45) is 0 Å². The van der Waals surface area contributed by atoms with E-state index in [0.717, 1.165) is 36.5 Å². The Morgan fingerprint density at radius 1 is 1.07 bits per heavy atom. The highest BCUT2D eigenvalue weighted by molar-refractivity contribution is 7.99. The minimum Gasteiger partial charge on any atom is -0.492 e. The zero-order chi connectivity index (χ0) is 20.4. The first-order valence-electron chi connectivity index (χ1n) is 9.89. The molecule has 4 heteroatoms. The van der Waals surface area contributed by atoms with Crippen LogP contribution >= 0.6 is 11.8 Å². The van der Waals surface area contributed by atoms with E-state index in [1.807, 2.05) is 42.1 Å². The van der Waals surface area contributed by atoms with Gasteiger partial charge in [0.15, 0.2) is 0 Å². The quantitative estimate of drug-likeness (QED) is 0.282. The topological polar surface area (TPSA) is 36.3 Å². The van der Waals surface area contributed by atoms with Crippen LogP contribution in [0.2, 0.25) is 0 Å². The van der Waals surface area contributed by atoms with Crippen molar-refractivity contribution < 1.29 is 4.74 Å². The molecule has 148 valence electrons. The standard InChI is InChI=1S/C24H30N2OS/c1-5-26(6-2)15-16-27-23-11-9-21(10-12-23)22(18-25)17-20-7-13-24(14-8-20)28-19(3)4/h7-14,17,19H,5-6,15-16H2,1-4H3. The fourth-order valence-electron chi connectivity index (χ4n) is 2.82. The lowest BCUT2D eigenvalue weighted by Crippen LogP contribution is -2.27. The molecule has 2 aromatic carbocycles. The smallest absolute Gasteiger partial charge is 0.119 e. The van der Waals surface area contributed by atoms with E-state index in [-0.39, 0.29) is 0 Å². The van der Waals surface area contributed by atoms with Crippen molar-refractivity contribution in [1.29, 1.82) is 5.26 Å². The number of rotatable bonds is 10. The Kier molecular flexibility index (Phi) is 9.13. The van der Waals surface area contributed by atoms with Crippen molar-refractivity contribution in [3.05, 3.63) is 59.7 Å². The number of thioether (sulfide) groups is 1. The summed E-state index contributed by atoms with van der Waals surface area (Å²) >= 11 is 1.84. The van der Waals surface area contributed by atoms with Crippen molar-refractivity contribution in [3.63, 3.8) is 0 Å².